The molecule has 121 valence electrons. The van der Waals surface area contributed by atoms with E-state index in [4.69, 9.17) is 9.47 Å². The molecule has 0 amide bonds. The molecule has 2 aromatic carbocycles. The molecular formula is C18H18F2NO2. The molecule has 5 heteroatoms. The van der Waals surface area contributed by atoms with Gasteiger partial charge >= 0.3 is 0 Å². The van der Waals surface area contributed by atoms with Crippen LogP contribution in [0, 0.1) is 17.7 Å². The van der Waals surface area contributed by atoms with E-state index >= 15 is 0 Å². The number of hydrogen-bond donors (Lipinski definition) is 0. The lowest BCUT2D eigenvalue weighted by atomic mass is 10.1. The van der Waals surface area contributed by atoms with Crippen LogP contribution in [0.25, 0.3) is 0 Å². The molecule has 0 aliphatic carbocycles. The summed E-state index contributed by atoms with van der Waals surface area (Å²) in [6.07, 6.45) is 0.543. The van der Waals surface area contributed by atoms with Crippen molar-refractivity contribution in [1.82, 2.24) is 0 Å². The fourth-order valence-electron chi connectivity index (χ4n) is 2.65. The second-order valence-electron chi connectivity index (χ2n) is 5.36. The van der Waals surface area contributed by atoms with Crippen LogP contribution < -0.4 is 9.64 Å². The quantitative estimate of drug-likeness (QED) is 0.845. The Balaban J connectivity index is 1.67. The highest BCUT2D eigenvalue weighted by atomic mass is 19.1. The molecular weight excluding hydrogens is 300 g/mol. The van der Waals surface area contributed by atoms with Crippen LogP contribution in [0.2, 0.25) is 0 Å². The predicted octanol–water partition coefficient (Wildman–Crippen LogP) is 3.22. The van der Waals surface area contributed by atoms with Crippen molar-refractivity contribution in [2.24, 2.45) is 0 Å². The monoisotopic (exact) mass is 318 g/mol. The number of halogens is 2. The van der Waals surface area contributed by atoms with Gasteiger partial charge in [-0.2, -0.15) is 0 Å². The number of anilines is 1. The maximum Gasteiger partial charge on any atom is 0.127 e. The zero-order valence-corrected chi connectivity index (χ0v) is 12.7. The minimum Gasteiger partial charge on any atom is -0.493 e. The molecule has 1 radical (unpaired) electrons. The molecule has 23 heavy (non-hydrogen) atoms. The highest BCUT2D eigenvalue weighted by Gasteiger charge is 2.15. The first-order valence-electron chi connectivity index (χ1n) is 7.63. The zero-order chi connectivity index (χ0) is 16.1. The van der Waals surface area contributed by atoms with E-state index in [1.807, 2.05) is 0 Å². The number of benzene rings is 2. The summed E-state index contributed by atoms with van der Waals surface area (Å²) in [6.45, 7) is 3.27. The first-order valence-corrected chi connectivity index (χ1v) is 7.63. The van der Waals surface area contributed by atoms with Gasteiger partial charge in [0.1, 0.15) is 17.4 Å². The molecule has 2 aromatic rings. The van der Waals surface area contributed by atoms with Gasteiger partial charge in [0.2, 0.25) is 0 Å². The van der Waals surface area contributed by atoms with Crippen LogP contribution in [0.3, 0.4) is 0 Å². The summed E-state index contributed by atoms with van der Waals surface area (Å²) in [7, 11) is 0. The third-order valence-corrected chi connectivity index (χ3v) is 3.76. The smallest absolute Gasteiger partial charge is 0.127 e. The van der Waals surface area contributed by atoms with Crippen molar-refractivity contribution in [3.8, 4) is 5.75 Å². The Kier molecular flexibility index (Phi) is 5.08. The second kappa shape index (κ2) is 7.42. The molecule has 1 saturated heterocycles. The van der Waals surface area contributed by atoms with Gasteiger partial charge in [0, 0.05) is 31.3 Å². The SMILES string of the molecule is Fc1c[c]cc(OCCc2cc(F)ccc2N2CCOCC2)c1. The molecule has 3 rings (SSSR count). The predicted molar refractivity (Wildman–Crippen MR) is 83.9 cm³/mol. The average Bonchev–Trinajstić information content (AvgIpc) is 2.56. The minimum atomic E-state index is -0.387. The fraction of sp³-hybridized carbons (Fsp3) is 0.333. The van der Waals surface area contributed by atoms with E-state index in [0.717, 1.165) is 24.3 Å². The summed E-state index contributed by atoms with van der Waals surface area (Å²) >= 11 is 0. The summed E-state index contributed by atoms with van der Waals surface area (Å²) in [5, 5.41) is 0. The Hall–Kier alpha value is -2.14. The van der Waals surface area contributed by atoms with Crippen LogP contribution in [-0.4, -0.2) is 32.9 Å². The van der Waals surface area contributed by atoms with E-state index in [-0.39, 0.29) is 11.6 Å². The molecule has 3 nitrogen and oxygen atoms in total. The maximum absolute atomic E-state index is 13.6. The van der Waals surface area contributed by atoms with Crippen LogP contribution in [-0.2, 0) is 11.2 Å². The van der Waals surface area contributed by atoms with Crippen LogP contribution in [0.5, 0.6) is 5.75 Å². The average molecular weight is 318 g/mol. The molecule has 0 saturated carbocycles. The van der Waals surface area contributed by atoms with Crippen molar-refractivity contribution in [3.05, 3.63) is 59.7 Å². The Morgan fingerprint density at radius 3 is 2.70 bits per heavy atom. The molecule has 0 N–H and O–H groups in total. The number of nitrogens with zero attached hydrogens (tertiary/aromatic N) is 1. The molecule has 0 unspecified atom stereocenters. The molecule has 0 bridgehead atoms. The molecule has 1 aliphatic heterocycles. The largest absolute Gasteiger partial charge is 0.493 e. The Morgan fingerprint density at radius 2 is 1.91 bits per heavy atom. The van der Waals surface area contributed by atoms with Crippen molar-refractivity contribution >= 4 is 5.69 Å². The topological polar surface area (TPSA) is 21.7 Å². The molecule has 1 heterocycles. The first kappa shape index (κ1) is 15.7. The van der Waals surface area contributed by atoms with Gasteiger partial charge in [-0.15, -0.1) is 0 Å². The first-order chi connectivity index (χ1) is 11.2. The van der Waals surface area contributed by atoms with Gasteiger partial charge in [-0.05, 0) is 42.0 Å². The lowest BCUT2D eigenvalue weighted by Crippen LogP contribution is -2.36. The van der Waals surface area contributed by atoms with Gasteiger partial charge < -0.3 is 14.4 Å². The van der Waals surface area contributed by atoms with Crippen molar-refractivity contribution in [3.63, 3.8) is 0 Å². The molecule has 0 aromatic heterocycles. The van der Waals surface area contributed by atoms with Crippen LogP contribution in [0.15, 0.2) is 36.4 Å². The summed E-state index contributed by atoms with van der Waals surface area (Å²) in [6, 6.07) is 11.6. The van der Waals surface area contributed by atoms with Crippen molar-refractivity contribution < 1.29 is 18.3 Å². The zero-order valence-electron chi connectivity index (χ0n) is 12.7. The highest BCUT2D eigenvalue weighted by Crippen LogP contribution is 2.24. The van der Waals surface area contributed by atoms with Gasteiger partial charge in [-0.3, -0.25) is 0 Å². The van der Waals surface area contributed by atoms with Crippen LogP contribution in [0.1, 0.15) is 5.56 Å². The molecule has 1 aliphatic rings. The number of morpholine rings is 1. The van der Waals surface area contributed by atoms with Gasteiger partial charge in [-0.25, -0.2) is 8.78 Å². The number of ether oxygens (including phenoxy) is 2. The maximum atomic E-state index is 13.6. The lowest BCUT2D eigenvalue weighted by Gasteiger charge is -2.30. The van der Waals surface area contributed by atoms with E-state index in [1.54, 1.807) is 12.1 Å². The standard InChI is InChI=1S/C18H18F2NO2/c19-15-2-1-3-17(13-15)23-9-6-14-12-16(20)4-5-18(14)21-7-10-22-11-8-21/h2-5,12-13H,6-11H2. The third kappa shape index (κ3) is 4.20. The Morgan fingerprint density at radius 1 is 1.09 bits per heavy atom. The van der Waals surface area contributed by atoms with Gasteiger partial charge in [0.25, 0.3) is 0 Å². The Labute approximate surface area is 134 Å². The van der Waals surface area contributed by atoms with E-state index in [2.05, 4.69) is 11.0 Å². The van der Waals surface area contributed by atoms with E-state index in [0.29, 0.717) is 32.0 Å². The normalized spacial score (nSPS) is 14.8. The molecule has 1 fully saturated rings. The number of rotatable bonds is 5. The van der Waals surface area contributed by atoms with Crippen LogP contribution >= 0.6 is 0 Å². The summed E-state index contributed by atoms with van der Waals surface area (Å²) < 4.78 is 37.6. The third-order valence-electron chi connectivity index (χ3n) is 3.76. The van der Waals surface area contributed by atoms with Crippen molar-refractivity contribution in [2.45, 2.75) is 6.42 Å². The molecule has 0 atom stereocenters. The number of hydrogen-bond acceptors (Lipinski definition) is 3. The second-order valence-corrected chi connectivity index (χ2v) is 5.36. The van der Waals surface area contributed by atoms with E-state index < -0.39 is 0 Å². The van der Waals surface area contributed by atoms with Gasteiger partial charge in [0.15, 0.2) is 0 Å². The summed E-state index contributed by atoms with van der Waals surface area (Å²) in [5.74, 6) is -0.229. The van der Waals surface area contributed by atoms with Gasteiger partial charge in [0.05, 0.1) is 19.8 Å². The van der Waals surface area contributed by atoms with Gasteiger partial charge in [-0.1, -0.05) is 0 Å². The van der Waals surface area contributed by atoms with Crippen molar-refractivity contribution in [2.75, 3.05) is 37.8 Å². The minimum absolute atomic E-state index is 0.268. The lowest BCUT2D eigenvalue weighted by molar-refractivity contribution is 0.122. The summed E-state index contributed by atoms with van der Waals surface area (Å²) in [4.78, 5) is 2.19. The molecule has 0 spiro atoms. The Bertz CT molecular complexity index is 657. The van der Waals surface area contributed by atoms with E-state index in [1.165, 1.54) is 24.3 Å². The summed E-state index contributed by atoms with van der Waals surface area (Å²) in [5.41, 5.74) is 1.89. The fourth-order valence-corrected chi connectivity index (χ4v) is 2.65. The van der Waals surface area contributed by atoms with Crippen molar-refractivity contribution in [1.29, 1.82) is 0 Å². The highest BCUT2D eigenvalue weighted by molar-refractivity contribution is 5.54. The van der Waals surface area contributed by atoms with Crippen LogP contribution in [0.4, 0.5) is 14.5 Å². The van der Waals surface area contributed by atoms with E-state index in [9.17, 15) is 8.78 Å².